The van der Waals surface area contributed by atoms with Crippen LogP contribution in [0.15, 0.2) is 27.4 Å². The SMILES string of the molecule is Cc1ccc(-c2nc(O)cc(=O)[nH]2)o1. The zero-order chi connectivity index (χ0) is 10.1. The third kappa shape index (κ3) is 1.52. The van der Waals surface area contributed by atoms with Crippen LogP contribution in [0, 0.1) is 6.92 Å². The molecule has 2 rings (SSSR count). The van der Waals surface area contributed by atoms with Crippen molar-refractivity contribution >= 4 is 0 Å². The molecule has 0 fully saturated rings. The van der Waals surface area contributed by atoms with Gasteiger partial charge in [0.15, 0.2) is 11.6 Å². The lowest BCUT2D eigenvalue weighted by Gasteiger charge is -1.95. The monoisotopic (exact) mass is 192 g/mol. The smallest absolute Gasteiger partial charge is 0.255 e. The lowest BCUT2D eigenvalue weighted by molar-refractivity contribution is 0.450. The minimum Gasteiger partial charge on any atom is -0.493 e. The number of hydrogen-bond acceptors (Lipinski definition) is 4. The number of H-pyrrole nitrogens is 1. The Balaban J connectivity index is 2.56. The van der Waals surface area contributed by atoms with E-state index in [1.54, 1.807) is 19.1 Å². The predicted molar refractivity (Wildman–Crippen MR) is 49.0 cm³/mol. The van der Waals surface area contributed by atoms with Crippen molar-refractivity contribution in [3.8, 4) is 17.5 Å². The number of rotatable bonds is 1. The van der Waals surface area contributed by atoms with Gasteiger partial charge in [-0.15, -0.1) is 0 Å². The third-order valence-electron chi connectivity index (χ3n) is 1.70. The normalized spacial score (nSPS) is 10.4. The quantitative estimate of drug-likeness (QED) is 0.707. The van der Waals surface area contributed by atoms with Crippen LogP contribution in [0.25, 0.3) is 11.6 Å². The zero-order valence-electron chi connectivity index (χ0n) is 7.44. The average Bonchev–Trinajstić information content (AvgIpc) is 2.50. The van der Waals surface area contributed by atoms with Gasteiger partial charge in [0.05, 0.1) is 6.07 Å². The molecule has 0 unspecified atom stereocenters. The highest BCUT2D eigenvalue weighted by molar-refractivity contribution is 5.47. The molecule has 0 radical (unpaired) electrons. The van der Waals surface area contributed by atoms with E-state index in [9.17, 15) is 4.79 Å². The Labute approximate surface area is 79.0 Å². The van der Waals surface area contributed by atoms with E-state index in [0.29, 0.717) is 11.5 Å². The number of aryl methyl sites for hydroxylation is 1. The summed E-state index contributed by atoms with van der Waals surface area (Å²) in [6.45, 7) is 1.78. The van der Waals surface area contributed by atoms with Crippen molar-refractivity contribution < 1.29 is 9.52 Å². The Morgan fingerprint density at radius 3 is 2.86 bits per heavy atom. The molecule has 72 valence electrons. The summed E-state index contributed by atoms with van der Waals surface area (Å²) >= 11 is 0. The summed E-state index contributed by atoms with van der Waals surface area (Å²) in [5, 5.41) is 9.09. The number of nitrogens with zero attached hydrogens (tertiary/aromatic N) is 1. The summed E-state index contributed by atoms with van der Waals surface area (Å²) in [4.78, 5) is 17.2. The maximum Gasteiger partial charge on any atom is 0.255 e. The van der Waals surface area contributed by atoms with Gasteiger partial charge in [-0.3, -0.25) is 4.79 Å². The van der Waals surface area contributed by atoms with E-state index in [1.165, 1.54) is 0 Å². The van der Waals surface area contributed by atoms with Crippen LogP contribution < -0.4 is 5.56 Å². The fourth-order valence-electron chi connectivity index (χ4n) is 1.12. The van der Waals surface area contributed by atoms with Gasteiger partial charge < -0.3 is 14.5 Å². The Bertz CT molecular complexity index is 513. The number of aromatic nitrogens is 2. The van der Waals surface area contributed by atoms with Crippen molar-refractivity contribution in [2.24, 2.45) is 0 Å². The molecule has 2 aromatic rings. The molecule has 2 aromatic heterocycles. The third-order valence-corrected chi connectivity index (χ3v) is 1.70. The van der Waals surface area contributed by atoms with E-state index in [2.05, 4.69) is 9.97 Å². The molecule has 14 heavy (non-hydrogen) atoms. The molecule has 5 nitrogen and oxygen atoms in total. The molecule has 0 amide bonds. The van der Waals surface area contributed by atoms with Crippen LogP contribution in [-0.4, -0.2) is 15.1 Å². The molecule has 0 aliphatic rings. The first-order chi connectivity index (χ1) is 6.65. The lowest BCUT2D eigenvalue weighted by Crippen LogP contribution is -2.06. The summed E-state index contributed by atoms with van der Waals surface area (Å²) in [5.41, 5.74) is -0.415. The number of hydrogen-bond donors (Lipinski definition) is 2. The first-order valence-corrected chi connectivity index (χ1v) is 4.02. The number of nitrogens with one attached hydrogen (secondary N) is 1. The highest BCUT2D eigenvalue weighted by Crippen LogP contribution is 2.17. The molecule has 0 saturated heterocycles. The van der Waals surface area contributed by atoms with Crippen molar-refractivity contribution in [2.45, 2.75) is 6.92 Å². The molecule has 2 N–H and O–H groups in total. The average molecular weight is 192 g/mol. The summed E-state index contributed by atoms with van der Waals surface area (Å²) in [6.07, 6.45) is 0. The van der Waals surface area contributed by atoms with Crippen molar-refractivity contribution in [3.63, 3.8) is 0 Å². The van der Waals surface area contributed by atoms with Crippen molar-refractivity contribution in [1.82, 2.24) is 9.97 Å². The van der Waals surface area contributed by atoms with Gasteiger partial charge in [-0.2, -0.15) is 4.98 Å². The van der Waals surface area contributed by atoms with E-state index in [0.717, 1.165) is 6.07 Å². The number of aromatic amines is 1. The van der Waals surface area contributed by atoms with Gasteiger partial charge in [-0.25, -0.2) is 0 Å². The van der Waals surface area contributed by atoms with Gasteiger partial charge in [-0.05, 0) is 19.1 Å². The molecule has 0 spiro atoms. The lowest BCUT2D eigenvalue weighted by atomic mass is 10.4. The zero-order valence-corrected chi connectivity index (χ0v) is 7.44. The second kappa shape index (κ2) is 3.02. The second-order valence-electron chi connectivity index (χ2n) is 2.86. The highest BCUT2D eigenvalue weighted by atomic mass is 16.3. The Hall–Kier alpha value is -2.04. The minimum absolute atomic E-state index is 0.225. The maximum absolute atomic E-state index is 11.0. The fourth-order valence-corrected chi connectivity index (χ4v) is 1.12. The van der Waals surface area contributed by atoms with Gasteiger partial charge in [0.2, 0.25) is 5.88 Å². The van der Waals surface area contributed by atoms with Gasteiger partial charge in [0.25, 0.3) is 5.56 Å². The molecular weight excluding hydrogens is 184 g/mol. The Morgan fingerprint density at radius 2 is 2.29 bits per heavy atom. The van der Waals surface area contributed by atoms with E-state index in [4.69, 9.17) is 9.52 Å². The van der Waals surface area contributed by atoms with Gasteiger partial charge >= 0.3 is 0 Å². The Morgan fingerprint density at radius 1 is 1.50 bits per heavy atom. The van der Waals surface area contributed by atoms with Crippen LogP contribution in [0.3, 0.4) is 0 Å². The van der Waals surface area contributed by atoms with Crippen LogP contribution in [0.2, 0.25) is 0 Å². The van der Waals surface area contributed by atoms with Crippen LogP contribution in [0.5, 0.6) is 5.88 Å². The number of aromatic hydroxyl groups is 1. The summed E-state index contributed by atoms with van der Waals surface area (Å²) in [5.74, 6) is 1.04. The molecule has 0 aliphatic heterocycles. The summed E-state index contributed by atoms with van der Waals surface area (Å²) in [6, 6.07) is 4.42. The van der Waals surface area contributed by atoms with E-state index < -0.39 is 5.56 Å². The first-order valence-electron chi connectivity index (χ1n) is 4.02. The Kier molecular flexibility index (Phi) is 1.85. The number of furan rings is 1. The standard InChI is InChI=1S/C9H8N2O3/c1-5-2-3-6(14-5)9-10-7(12)4-8(13)11-9/h2-4H,1H3,(H2,10,11,12,13). The summed E-state index contributed by atoms with van der Waals surface area (Å²) in [7, 11) is 0. The van der Waals surface area contributed by atoms with E-state index in [1.807, 2.05) is 0 Å². The minimum atomic E-state index is -0.415. The second-order valence-corrected chi connectivity index (χ2v) is 2.86. The largest absolute Gasteiger partial charge is 0.493 e. The van der Waals surface area contributed by atoms with Gasteiger partial charge in [0.1, 0.15) is 5.76 Å². The van der Waals surface area contributed by atoms with Crippen molar-refractivity contribution in [1.29, 1.82) is 0 Å². The predicted octanol–water partition coefficient (Wildman–Crippen LogP) is 1.04. The highest BCUT2D eigenvalue weighted by Gasteiger charge is 2.06. The fraction of sp³-hybridized carbons (Fsp3) is 0.111. The van der Waals surface area contributed by atoms with Crippen LogP contribution in [0.4, 0.5) is 0 Å². The molecule has 2 heterocycles. The first kappa shape index (κ1) is 8.55. The molecule has 0 atom stereocenters. The molecule has 5 heteroatoms. The molecule has 0 aliphatic carbocycles. The molecule has 0 bridgehead atoms. The summed E-state index contributed by atoms with van der Waals surface area (Å²) < 4.78 is 5.24. The van der Waals surface area contributed by atoms with Crippen molar-refractivity contribution in [3.05, 3.63) is 34.3 Å². The van der Waals surface area contributed by atoms with Crippen molar-refractivity contribution in [2.75, 3.05) is 0 Å². The topological polar surface area (TPSA) is 79.1 Å². The van der Waals surface area contributed by atoms with Crippen LogP contribution >= 0.6 is 0 Å². The molecular formula is C9H8N2O3. The van der Waals surface area contributed by atoms with E-state index in [-0.39, 0.29) is 11.7 Å². The van der Waals surface area contributed by atoms with E-state index >= 15 is 0 Å². The maximum atomic E-state index is 11.0. The van der Waals surface area contributed by atoms with Crippen LogP contribution in [-0.2, 0) is 0 Å². The molecule has 0 aromatic carbocycles. The van der Waals surface area contributed by atoms with Gasteiger partial charge in [0, 0.05) is 0 Å². The van der Waals surface area contributed by atoms with Crippen LogP contribution in [0.1, 0.15) is 5.76 Å². The van der Waals surface area contributed by atoms with Gasteiger partial charge in [-0.1, -0.05) is 0 Å². The molecule has 0 saturated carbocycles.